The molecule has 1 aromatic heterocycles. The molecule has 0 fully saturated rings. The lowest BCUT2D eigenvalue weighted by Gasteiger charge is -2.10. The van der Waals surface area contributed by atoms with E-state index < -0.39 is 5.38 Å². The number of halogens is 1. The Morgan fingerprint density at radius 1 is 1.27 bits per heavy atom. The van der Waals surface area contributed by atoms with Crippen LogP contribution in [0.25, 0.3) is 0 Å². The number of alkyl halides is 1. The predicted octanol–water partition coefficient (Wildman–Crippen LogP) is 4.42. The summed E-state index contributed by atoms with van der Waals surface area (Å²) in [6, 6.07) is 11.5. The van der Waals surface area contributed by atoms with E-state index in [2.05, 4.69) is 11.4 Å². The number of benzene rings is 1. The van der Waals surface area contributed by atoms with Crippen molar-refractivity contribution in [1.29, 1.82) is 5.26 Å². The molecule has 0 saturated carbocycles. The summed E-state index contributed by atoms with van der Waals surface area (Å²) < 4.78 is 0. The molecule has 1 aliphatic carbocycles. The monoisotopic (exact) mass is 330 g/mol. The van der Waals surface area contributed by atoms with E-state index in [-0.39, 0.29) is 5.91 Å². The zero-order valence-electron chi connectivity index (χ0n) is 11.9. The second kappa shape index (κ2) is 6.51. The summed E-state index contributed by atoms with van der Waals surface area (Å²) in [6.07, 6.45) is 4.17. The van der Waals surface area contributed by atoms with Crippen LogP contribution < -0.4 is 5.32 Å². The summed E-state index contributed by atoms with van der Waals surface area (Å²) in [5.74, 6) is -0.289. The fourth-order valence-electron chi connectivity index (χ4n) is 2.72. The Hall–Kier alpha value is -1.83. The molecule has 1 N–H and O–H groups in total. The zero-order valence-corrected chi connectivity index (χ0v) is 13.5. The van der Waals surface area contributed by atoms with Gasteiger partial charge in [0.05, 0.1) is 5.56 Å². The Labute approximate surface area is 138 Å². The molecule has 1 aliphatic rings. The molecule has 3 nitrogen and oxygen atoms in total. The van der Waals surface area contributed by atoms with Gasteiger partial charge in [-0.05, 0) is 36.8 Å². The van der Waals surface area contributed by atoms with Crippen molar-refractivity contribution in [3.63, 3.8) is 0 Å². The Morgan fingerprint density at radius 3 is 2.73 bits per heavy atom. The number of hydrogen-bond donors (Lipinski definition) is 1. The number of fused-ring (bicyclic) bond motifs is 1. The summed E-state index contributed by atoms with van der Waals surface area (Å²) in [7, 11) is 0. The molecule has 0 aliphatic heterocycles. The first-order valence-electron chi connectivity index (χ1n) is 7.25. The number of nitriles is 1. The van der Waals surface area contributed by atoms with Gasteiger partial charge in [-0.3, -0.25) is 4.79 Å². The Balaban J connectivity index is 1.83. The summed E-state index contributed by atoms with van der Waals surface area (Å²) in [6.45, 7) is 0. The number of carbonyl (C=O) groups is 1. The Morgan fingerprint density at radius 2 is 2.00 bits per heavy atom. The van der Waals surface area contributed by atoms with Gasteiger partial charge in [0, 0.05) is 4.88 Å². The first-order valence-corrected chi connectivity index (χ1v) is 8.50. The molecule has 1 aromatic carbocycles. The average Bonchev–Trinajstić information content (AvgIpc) is 2.91. The van der Waals surface area contributed by atoms with Gasteiger partial charge in [-0.2, -0.15) is 5.26 Å². The van der Waals surface area contributed by atoms with Crippen LogP contribution in [-0.2, 0) is 17.6 Å². The average molecular weight is 331 g/mol. The van der Waals surface area contributed by atoms with Crippen LogP contribution in [0.5, 0.6) is 0 Å². The highest BCUT2D eigenvalue weighted by Crippen LogP contribution is 2.38. The molecule has 0 saturated heterocycles. The number of carbonyl (C=O) groups excluding carboxylic acids is 1. The van der Waals surface area contributed by atoms with Crippen LogP contribution in [0, 0.1) is 11.3 Å². The summed E-state index contributed by atoms with van der Waals surface area (Å²) in [5, 5.41) is 12.1. The molecular weight excluding hydrogens is 316 g/mol. The molecule has 3 rings (SSSR count). The molecular formula is C17H15ClN2OS. The van der Waals surface area contributed by atoms with Gasteiger partial charge in [0.2, 0.25) is 5.91 Å². The maximum absolute atomic E-state index is 12.3. The second-order valence-corrected chi connectivity index (χ2v) is 6.83. The fraction of sp³-hybridized carbons (Fsp3) is 0.294. The number of anilines is 1. The minimum Gasteiger partial charge on any atom is -0.315 e. The van der Waals surface area contributed by atoms with E-state index >= 15 is 0 Å². The van der Waals surface area contributed by atoms with Gasteiger partial charge in [0.15, 0.2) is 0 Å². The molecule has 1 atom stereocenters. The molecule has 0 radical (unpaired) electrons. The van der Waals surface area contributed by atoms with Crippen LogP contribution in [0.1, 0.15) is 39.8 Å². The van der Waals surface area contributed by atoms with E-state index in [1.54, 1.807) is 0 Å². The molecule has 5 heteroatoms. The lowest BCUT2D eigenvalue weighted by molar-refractivity contribution is -0.115. The quantitative estimate of drug-likeness (QED) is 0.847. The molecule has 1 amide bonds. The molecule has 1 heterocycles. The third-order valence-corrected chi connectivity index (χ3v) is 5.50. The number of rotatable bonds is 3. The minimum absolute atomic E-state index is 0.289. The Kier molecular flexibility index (Phi) is 4.47. The van der Waals surface area contributed by atoms with E-state index in [1.165, 1.54) is 16.2 Å². The summed E-state index contributed by atoms with van der Waals surface area (Å²) >= 11 is 7.75. The topological polar surface area (TPSA) is 52.9 Å². The van der Waals surface area contributed by atoms with Crippen LogP contribution in [0.4, 0.5) is 5.00 Å². The number of hydrogen-bond acceptors (Lipinski definition) is 3. The van der Waals surface area contributed by atoms with Crippen LogP contribution in [0.3, 0.4) is 0 Å². The SMILES string of the molecule is N#Cc1c(NC(=O)[C@H](Cl)c2ccccc2)sc2c1CCCC2. The van der Waals surface area contributed by atoms with Crippen LogP contribution >= 0.6 is 22.9 Å². The van der Waals surface area contributed by atoms with E-state index in [4.69, 9.17) is 11.6 Å². The van der Waals surface area contributed by atoms with Gasteiger partial charge in [-0.15, -0.1) is 22.9 Å². The van der Waals surface area contributed by atoms with Gasteiger partial charge >= 0.3 is 0 Å². The highest BCUT2D eigenvalue weighted by molar-refractivity contribution is 7.16. The summed E-state index contributed by atoms with van der Waals surface area (Å²) in [5.41, 5.74) is 2.48. The number of amides is 1. The van der Waals surface area contributed by atoms with Crippen LogP contribution in [0.2, 0.25) is 0 Å². The lowest BCUT2D eigenvalue weighted by Crippen LogP contribution is -2.17. The highest BCUT2D eigenvalue weighted by atomic mass is 35.5. The van der Waals surface area contributed by atoms with E-state index in [9.17, 15) is 10.1 Å². The van der Waals surface area contributed by atoms with Gasteiger partial charge in [-0.25, -0.2) is 0 Å². The van der Waals surface area contributed by atoms with Crippen molar-refractivity contribution in [1.82, 2.24) is 0 Å². The number of aryl methyl sites for hydroxylation is 1. The molecule has 0 spiro atoms. The van der Waals surface area contributed by atoms with Gasteiger partial charge in [-0.1, -0.05) is 30.3 Å². The molecule has 0 bridgehead atoms. The third-order valence-electron chi connectivity index (χ3n) is 3.84. The maximum atomic E-state index is 12.3. The van der Waals surface area contributed by atoms with Crippen molar-refractivity contribution < 1.29 is 4.79 Å². The van der Waals surface area contributed by atoms with Crippen molar-refractivity contribution in [3.8, 4) is 6.07 Å². The van der Waals surface area contributed by atoms with E-state index in [1.807, 2.05) is 30.3 Å². The third kappa shape index (κ3) is 2.87. The van der Waals surface area contributed by atoms with Crippen molar-refractivity contribution >= 4 is 33.8 Å². The summed E-state index contributed by atoms with van der Waals surface area (Å²) in [4.78, 5) is 13.6. The van der Waals surface area contributed by atoms with E-state index in [0.717, 1.165) is 36.8 Å². The highest BCUT2D eigenvalue weighted by Gasteiger charge is 2.24. The number of thiophene rings is 1. The maximum Gasteiger partial charge on any atom is 0.247 e. The van der Waals surface area contributed by atoms with Crippen LogP contribution in [0.15, 0.2) is 30.3 Å². The smallest absolute Gasteiger partial charge is 0.247 e. The predicted molar refractivity (Wildman–Crippen MR) is 89.3 cm³/mol. The van der Waals surface area contributed by atoms with Gasteiger partial charge < -0.3 is 5.32 Å². The van der Waals surface area contributed by atoms with Gasteiger partial charge in [0.25, 0.3) is 0 Å². The first-order chi connectivity index (χ1) is 10.7. The molecule has 0 unspecified atom stereocenters. The lowest BCUT2D eigenvalue weighted by atomic mass is 9.96. The van der Waals surface area contributed by atoms with Gasteiger partial charge in [0.1, 0.15) is 16.4 Å². The zero-order chi connectivity index (χ0) is 15.5. The van der Waals surface area contributed by atoms with Crippen molar-refractivity contribution in [2.24, 2.45) is 0 Å². The second-order valence-electron chi connectivity index (χ2n) is 5.29. The number of nitrogens with one attached hydrogen (secondary N) is 1. The number of nitrogens with zero attached hydrogens (tertiary/aromatic N) is 1. The minimum atomic E-state index is -0.758. The molecule has 2 aromatic rings. The van der Waals surface area contributed by atoms with Crippen molar-refractivity contribution in [2.75, 3.05) is 5.32 Å². The van der Waals surface area contributed by atoms with Crippen molar-refractivity contribution in [3.05, 3.63) is 51.9 Å². The normalized spacial score (nSPS) is 14.7. The standard InChI is InChI=1S/C17H15ClN2OS/c18-15(11-6-2-1-3-7-11)16(21)20-17-13(10-19)12-8-4-5-9-14(12)22-17/h1-3,6-7,15H,4-5,8-9H2,(H,20,21)/t15-/m1/s1. The Bertz CT molecular complexity index is 733. The molecule has 22 heavy (non-hydrogen) atoms. The largest absolute Gasteiger partial charge is 0.315 e. The molecule has 112 valence electrons. The van der Waals surface area contributed by atoms with E-state index in [0.29, 0.717) is 10.6 Å². The first kappa shape index (κ1) is 15.1. The fourth-order valence-corrected chi connectivity index (χ4v) is 4.16. The van der Waals surface area contributed by atoms with Crippen LogP contribution in [-0.4, -0.2) is 5.91 Å². The van der Waals surface area contributed by atoms with Crippen molar-refractivity contribution in [2.45, 2.75) is 31.1 Å².